The molecule has 0 aliphatic heterocycles. The van der Waals surface area contributed by atoms with Crippen LogP contribution < -0.4 is 0 Å². The molecule has 0 radical (unpaired) electrons. The van der Waals surface area contributed by atoms with Crippen LogP contribution in [0.5, 0.6) is 0 Å². The second kappa shape index (κ2) is 35.6. The summed E-state index contributed by atoms with van der Waals surface area (Å²) < 4.78 is 65.5. The van der Waals surface area contributed by atoms with Crippen LogP contribution in [-0.2, 0) is 50.9 Å². The summed E-state index contributed by atoms with van der Waals surface area (Å²) in [5, 5.41) is 31.8. The molecule has 0 aromatic heterocycles. The third-order valence-electron chi connectivity index (χ3n) is 11.0. The highest BCUT2D eigenvalue weighted by Crippen LogP contribution is 2.51. The molecule has 1 aliphatic rings. The molecule has 4 unspecified atom stereocenters. The highest BCUT2D eigenvalue weighted by molar-refractivity contribution is 7.80. The SMILES string of the molecule is CCCCCCCCCCCCCCCC(=O)O[C@H](COC(=O)CCCCCCCCCCCCCCCS)COP(=O)(O)OC1C(O)[C@@H](OP(=O)(O)O)C(O)[C@@H](OP(=O)(O)O)[C@H]1O. The Bertz CT molecular complexity index is 1330. The number of hydrogen-bond donors (Lipinski definition) is 9. The molecule has 23 heteroatoms. The van der Waals surface area contributed by atoms with E-state index in [1.54, 1.807) is 0 Å². The van der Waals surface area contributed by atoms with Gasteiger partial charge in [0.1, 0.15) is 43.2 Å². The lowest BCUT2D eigenvalue weighted by Gasteiger charge is -2.44. The zero-order chi connectivity index (χ0) is 47.9. The molecule has 8 atom stereocenters. The van der Waals surface area contributed by atoms with Crippen molar-refractivity contribution in [2.45, 2.75) is 229 Å². The number of carbonyl (C=O) groups is 2. The zero-order valence-corrected chi connectivity index (χ0v) is 41.4. The molecule has 380 valence electrons. The van der Waals surface area contributed by atoms with E-state index in [0.29, 0.717) is 12.8 Å². The molecular formula is C41H81O19P3S. The van der Waals surface area contributed by atoms with Crippen molar-refractivity contribution in [1.82, 2.24) is 0 Å². The normalized spacial score (nSPS) is 22.0. The summed E-state index contributed by atoms with van der Waals surface area (Å²) in [5.74, 6) is -0.359. The Morgan fingerprint density at radius 1 is 0.484 bits per heavy atom. The number of phosphoric ester groups is 3. The third-order valence-corrected chi connectivity index (χ3v) is 13.3. The Morgan fingerprint density at radius 3 is 1.17 bits per heavy atom. The predicted molar refractivity (Wildman–Crippen MR) is 242 cm³/mol. The summed E-state index contributed by atoms with van der Waals surface area (Å²) in [6.45, 7) is 0.704. The van der Waals surface area contributed by atoms with Crippen LogP contribution in [0.1, 0.15) is 187 Å². The molecule has 0 heterocycles. The summed E-state index contributed by atoms with van der Waals surface area (Å²) >= 11 is 4.24. The maximum atomic E-state index is 13.1. The molecule has 8 N–H and O–H groups in total. The van der Waals surface area contributed by atoms with Crippen molar-refractivity contribution in [3.63, 3.8) is 0 Å². The largest absolute Gasteiger partial charge is 0.472 e. The van der Waals surface area contributed by atoms with Crippen molar-refractivity contribution in [2.24, 2.45) is 0 Å². The number of ether oxygens (including phenoxy) is 2. The average Bonchev–Trinajstić information content (AvgIpc) is 3.22. The smallest absolute Gasteiger partial charge is 0.462 e. The Morgan fingerprint density at radius 2 is 0.812 bits per heavy atom. The number of phosphoric acid groups is 3. The molecule has 0 amide bonds. The third kappa shape index (κ3) is 31.5. The number of aliphatic hydroxyl groups is 3. The van der Waals surface area contributed by atoms with E-state index in [9.17, 15) is 63.1 Å². The summed E-state index contributed by atoms with van der Waals surface area (Å²) in [7, 11) is -16.6. The van der Waals surface area contributed by atoms with E-state index in [2.05, 4.69) is 28.6 Å². The summed E-state index contributed by atoms with van der Waals surface area (Å²) in [5.41, 5.74) is 0. The van der Waals surface area contributed by atoms with Gasteiger partial charge in [-0.15, -0.1) is 0 Å². The fourth-order valence-corrected chi connectivity index (χ4v) is 9.78. The Kier molecular flexibility index (Phi) is 34.2. The van der Waals surface area contributed by atoms with Gasteiger partial charge in [0.2, 0.25) is 0 Å². The van der Waals surface area contributed by atoms with E-state index in [1.165, 1.54) is 96.3 Å². The van der Waals surface area contributed by atoms with Crippen LogP contribution in [0.3, 0.4) is 0 Å². The highest BCUT2D eigenvalue weighted by Gasteiger charge is 2.56. The second-order valence-corrected chi connectivity index (χ2v) is 21.0. The van der Waals surface area contributed by atoms with Crippen LogP contribution in [0, 0.1) is 0 Å². The van der Waals surface area contributed by atoms with Crippen molar-refractivity contribution in [3.8, 4) is 0 Å². The lowest BCUT2D eigenvalue weighted by atomic mass is 9.85. The first-order valence-electron chi connectivity index (χ1n) is 23.4. The summed E-state index contributed by atoms with van der Waals surface area (Å²) in [6.07, 6.45) is 12.3. The first-order valence-corrected chi connectivity index (χ1v) is 28.6. The van der Waals surface area contributed by atoms with E-state index in [1.807, 2.05) is 0 Å². The van der Waals surface area contributed by atoms with Crippen molar-refractivity contribution >= 4 is 48.0 Å². The quantitative estimate of drug-likeness (QED) is 0.0122. The summed E-state index contributed by atoms with van der Waals surface area (Å²) in [4.78, 5) is 73.2. The van der Waals surface area contributed by atoms with Gasteiger partial charge < -0.3 is 49.3 Å². The van der Waals surface area contributed by atoms with Gasteiger partial charge in [0.05, 0.1) is 6.61 Å². The van der Waals surface area contributed by atoms with Crippen LogP contribution in [0.15, 0.2) is 0 Å². The van der Waals surface area contributed by atoms with Gasteiger partial charge in [0.15, 0.2) is 6.10 Å². The van der Waals surface area contributed by atoms with Crippen molar-refractivity contribution in [3.05, 3.63) is 0 Å². The van der Waals surface area contributed by atoms with Crippen molar-refractivity contribution < 1.29 is 90.6 Å². The van der Waals surface area contributed by atoms with Gasteiger partial charge in [-0.05, 0) is 25.0 Å². The van der Waals surface area contributed by atoms with Gasteiger partial charge >= 0.3 is 35.4 Å². The van der Waals surface area contributed by atoms with Crippen LogP contribution >= 0.6 is 36.1 Å². The first kappa shape index (κ1) is 61.5. The maximum Gasteiger partial charge on any atom is 0.472 e. The monoisotopic (exact) mass is 1000 g/mol. The minimum absolute atomic E-state index is 0.00306. The van der Waals surface area contributed by atoms with Gasteiger partial charge in [0, 0.05) is 12.8 Å². The second-order valence-electron chi connectivity index (χ2n) is 16.8. The van der Waals surface area contributed by atoms with E-state index >= 15 is 0 Å². The van der Waals surface area contributed by atoms with Gasteiger partial charge in [0.25, 0.3) is 0 Å². The fourth-order valence-electron chi connectivity index (χ4n) is 7.45. The van der Waals surface area contributed by atoms with Crippen LogP contribution in [-0.4, -0.2) is 113 Å². The van der Waals surface area contributed by atoms with E-state index < -0.39 is 91.3 Å². The lowest BCUT2D eigenvalue weighted by molar-refractivity contribution is -0.213. The molecule has 0 aromatic carbocycles. The van der Waals surface area contributed by atoms with E-state index in [-0.39, 0.29) is 12.8 Å². The van der Waals surface area contributed by atoms with Gasteiger partial charge in [-0.1, -0.05) is 155 Å². The molecule has 64 heavy (non-hydrogen) atoms. The van der Waals surface area contributed by atoms with Crippen LogP contribution in [0.25, 0.3) is 0 Å². The standard InChI is InChI=1S/C41H81O19P3S/c1-2-3-4-5-6-7-8-10-14-17-20-23-26-29-35(43)57-33(31-55-34(42)28-25-22-19-16-13-11-9-12-15-18-21-24-27-30-64)32-56-63(53,54)60-41-37(45)39(58-61(47,48)49)36(44)40(38(41)46)59-62(50,51)52/h33,36-41,44-46,64H,2-32H2,1H3,(H,53,54)(H2,47,48,49)(H2,50,51,52)/t33-,36?,37-,38?,39-,40+,41?/m1/s1. The molecule has 1 fully saturated rings. The topological polar surface area (TPSA) is 303 Å². The minimum atomic E-state index is -5.55. The maximum absolute atomic E-state index is 13.1. The minimum Gasteiger partial charge on any atom is -0.462 e. The predicted octanol–water partition coefficient (Wildman–Crippen LogP) is 7.87. The zero-order valence-electron chi connectivity index (χ0n) is 37.8. The summed E-state index contributed by atoms with van der Waals surface area (Å²) in [6, 6.07) is 0. The molecule has 19 nitrogen and oxygen atoms in total. The van der Waals surface area contributed by atoms with Crippen LogP contribution in [0.4, 0.5) is 0 Å². The van der Waals surface area contributed by atoms with Crippen LogP contribution in [0.2, 0.25) is 0 Å². The number of esters is 2. The lowest BCUT2D eigenvalue weighted by Crippen LogP contribution is -2.65. The number of carbonyl (C=O) groups excluding carboxylic acids is 2. The molecule has 0 saturated heterocycles. The fraction of sp³-hybridized carbons (Fsp3) is 0.951. The number of hydrogen-bond acceptors (Lipinski definition) is 15. The molecule has 1 rings (SSSR count). The van der Waals surface area contributed by atoms with Gasteiger partial charge in [-0.3, -0.25) is 27.7 Å². The highest BCUT2D eigenvalue weighted by atomic mass is 32.1. The van der Waals surface area contributed by atoms with Gasteiger partial charge in [-0.2, -0.15) is 12.6 Å². The van der Waals surface area contributed by atoms with Crippen molar-refractivity contribution in [1.29, 1.82) is 0 Å². The molecule has 1 aliphatic carbocycles. The Labute approximate surface area is 385 Å². The number of unbranched alkanes of at least 4 members (excludes halogenated alkanes) is 24. The molecule has 0 bridgehead atoms. The first-order chi connectivity index (χ1) is 30.3. The average molecular weight is 1000 g/mol. The molecule has 1 saturated carbocycles. The number of aliphatic hydroxyl groups excluding tert-OH is 3. The van der Waals surface area contributed by atoms with Crippen molar-refractivity contribution in [2.75, 3.05) is 19.0 Å². The van der Waals surface area contributed by atoms with Gasteiger partial charge in [-0.25, -0.2) is 13.7 Å². The Hall–Kier alpha value is -0.500. The molecular weight excluding hydrogens is 921 g/mol. The van der Waals surface area contributed by atoms with E-state index in [4.69, 9.17) is 18.5 Å². The molecule has 0 aromatic rings. The number of thiol groups is 1. The molecule has 0 spiro atoms. The number of rotatable bonds is 41. The van der Waals surface area contributed by atoms with E-state index in [0.717, 1.165) is 63.5 Å². The Balaban J connectivity index is 2.74.